The summed E-state index contributed by atoms with van der Waals surface area (Å²) in [5.41, 5.74) is 6.54. The molecule has 30 heavy (non-hydrogen) atoms. The van der Waals surface area contributed by atoms with Crippen LogP contribution in [0.5, 0.6) is 0 Å². The molecule has 11 heteroatoms. The highest BCUT2D eigenvalue weighted by Gasteiger charge is 2.47. The van der Waals surface area contributed by atoms with Crippen LogP contribution in [0.25, 0.3) is 11.2 Å². The Bertz CT molecular complexity index is 967. The molecule has 162 valence electrons. The highest BCUT2D eigenvalue weighted by molar-refractivity contribution is 5.82. The Kier molecular flexibility index (Phi) is 6.84. The largest absolute Gasteiger partial charge is 0.387 e. The molecular formula is C19H26N6O5. The normalized spacial score (nSPS) is 24.4. The van der Waals surface area contributed by atoms with Crippen molar-refractivity contribution in [2.75, 3.05) is 5.73 Å². The lowest BCUT2D eigenvalue weighted by molar-refractivity contribution is -0.132. The number of amides is 1. The number of ether oxygens (including phenoxy) is 1. The monoisotopic (exact) mass is 418 g/mol. The summed E-state index contributed by atoms with van der Waals surface area (Å²) in [6.07, 6.45) is -2.53. The zero-order valence-corrected chi connectivity index (χ0v) is 16.8. The SMILES string of the molecule is CCCCC#Cc1nc(N)c2ncn([C@@H]3O[C@H]([C@@H](O)NC(=O)CC)[C@@H](O)[C@H]3O)c2n1. The van der Waals surface area contributed by atoms with Gasteiger partial charge in [-0.05, 0) is 12.3 Å². The van der Waals surface area contributed by atoms with E-state index in [4.69, 9.17) is 10.5 Å². The molecule has 0 bridgehead atoms. The number of rotatable bonds is 6. The molecule has 1 fully saturated rings. The van der Waals surface area contributed by atoms with Gasteiger partial charge in [0.2, 0.25) is 11.7 Å². The standard InChI is InChI=1S/C19H26N6O5/c1-3-5-6-7-8-10-22-16(20)12-17(23-10)25(9-21-12)19-14(28)13(27)15(30-19)18(29)24-11(26)4-2/h9,13-15,18-19,27-29H,3-6H2,1-2H3,(H,24,26)(H2,20,22,23)/t13-,14+,15-,18+,19+/m0/s1. The van der Waals surface area contributed by atoms with Crippen LogP contribution >= 0.6 is 0 Å². The average molecular weight is 418 g/mol. The number of hydrogen-bond donors (Lipinski definition) is 5. The van der Waals surface area contributed by atoms with Gasteiger partial charge in [-0.1, -0.05) is 26.2 Å². The topological polar surface area (TPSA) is 169 Å². The molecule has 0 aromatic carbocycles. The minimum absolute atomic E-state index is 0.123. The molecule has 11 nitrogen and oxygen atoms in total. The number of unbranched alkanes of at least 4 members (excludes halogenated alkanes) is 2. The minimum atomic E-state index is -1.50. The molecule has 0 aliphatic carbocycles. The number of carbonyl (C=O) groups is 1. The van der Waals surface area contributed by atoms with Gasteiger partial charge in [0, 0.05) is 12.8 Å². The average Bonchev–Trinajstić information content (AvgIpc) is 3.27. The first-order valence-electron chi connectivity index (χ1n) is 9.85. The summed E-state index contributed by atoms with van der Waals surface area (Å²) in [5, 5.41) is 33.3. The first-order chi connectivity index (χ1) is 14.4. The van der Waals surface area contributed by atoms with Gasteiger partial charge in [-0.15, -0.1) is 0 Å². The van der Waals surface area contributed by atoms with Gasteiger partial charge in [0.25, 0.3) is 0 Å². The lowest BCUT2D eigenvalue weighted by Gasteiger charge is -2.21. The van der Waals surface area contributed by atoms with Gasteiger partial charge in [-0.3, -0.25) is 9.36 Å². The zero-order chi connectivity index (χ0) is 21.8. The summed E-state index contributed by atoms with van der Waals surface area (Å²) in [6, 6.07) is 0. The first kappa shape index (κ1) is 21.9. The summed E-state index contributed by atoms with van der Waals surface area (Å²) in [5.74, 6) is 5.75. The van der Waals surface area contributed by atoms with Gasteiger partial charge < -0.3 is 31.1 Å². The Balaban J connectivity index is 1.89. The van der Waals surface area contributed by atoms with Crippen molar-refractivity contribution in [3.63, 3.8) is 0 Å². The fourth-order valence-corrected chi connectivity index (χ4v) is 3.11. The number of aromatic nitrogens is 4. The fourth-order valence-electron chi connectivity index (χ4n) is 3.11. The second-order valence-corrected chi connectivity index (χ2v) is 7.00. The van der Waals surface area contributed by atoms with E-state index < -0.39 is 36.7 Å². The number of imidazole rings is 1. The van der Waals surface area contributed by atoms with Gasteiger partial charge in [-0.25, -0.2) is 15.0 Å². The molecule has 1 amide bonds. The van der Waals surface area contributed by atoms with Crippen molar-refractivity contribution in [2.24, 2.45) is 0 Å². The van der Waals surface area contributed by atoms with Crippen molar-refractivity contribution in [3.8, 4) is 11.8 Å². The van der Waals surface area contributed by atoms with Crippen molar-refractivity contribution in [1.82, 2.24) is 24.8 Å². The van der Waals surface area contributed by atoms with Crippen molar-refractivity contribution in [3.05, 3.63) is 12.2 Å². The van der Waals surface area contributed by atoms with E-state index >= 15 is 0 Å². The van der Waals surface area contributed by atoms with Crippen LogP contribution in [0.4, 0.5) is 5.82 Å². The Morgan fingerprint density at radius 1 is 1.37 bits per heavy atom. The van der Waals surface area contributed by atoms with E-state index in [0.717, 1.165) is 12.8 Å². The summed E-state index contributed by atoms with van der Waals surface area (Å²) in [7, 11) is 0. The van der Waals surface area contributed by atoms with Crippen LogP contribution in [0.15, 0.2) is 6.33 Å². The van der Waals surface area contributed by atoms with E-state index in [0.29, 0.717) is 11.9 Å². The van der Waals surface area contributed by atoms with E-state index in [9.17, 15) is 20.1 Å². The van der Waals surface area contributed by atoms with Crippen LogP contribution < -0.4 is 11.1 Å². The van der Waals surface area contributed by atoms with E-state index in [1.54, 1.807) is 6.92 Å². The predicted octanol–water partition coefficient (Wildman–Crippen LogP) is -0.586. The van der Waals surface area contributed by atoms with E-state index in [1.165, 1.54) is 10.9 Å². The zero-order valence-electron chi connectivity index (χ0n) is 16.8. The van der Waals surface area contributed by atoms with Crippen LogP contribution in [0.1, 0.15) is 51.6 Å². The molecule has 2 aromatic rings. The van der Waals surface area contributed by atoms with Gasteiger partial charge in [0.15, 0.2) is 23.9 Å². The molecule has 6 N–H and O–H groups in total. The lowest BCUT2D eigenvalue weighted by Crippen LogP contribution is -2.48. The second-order valence-electron chi connectivity index (χ2n) is 7.00. The molecule has 1 aliphatic heterocycles. The second kappa shape index (κ2) is 9.36. The highest BCUT2D eigenvalue weighted by Crippen LogP contribution is 2.33. The number of hydrogen-bond acceptors (Lipinski definition) is 9. The van der Waals surface area contributed by atoms with Crippen LogP contribution in [0.3, 0.4) is 0 Å². The third kappa shape index (κ3) is 4.36. The molecule has 1 saturated heterocycles. The Morgan fingerprint density at radius 2 is 2.13 bits per heavy atom. The van der Waals surface area contributed by atoms with Crippen molar-refractivity contribution < 1.29 is 24.9 Å². The highest BCUT2D eigenvalue weighted by atomic mass is 16.6. The molecule has 0 saturated carbocycles. The van der Waals surface area contributed by atoms with E-state index in [-0.39, 0.29) is 23.7 Å². The summed E-state index contributed by atoms with van der Waals surface area (Å²) in [4.78, 5) is 24.2. The molecule has 3 rings (SSSR count). The Labute approximate surface area is 173 Å². The van der Waals surface area contributed by atoms with E-state index in [2.05, 4.69) is 39.0 Å². The quantitative estimate of drug-likeness (QED) is 0.234. The van der Waals surface area contributed by atoms with E-state index in [1.807, 2.05) is 0 Å². The molecule has 3 heterocycles. The number of carbonyl (C=O) groups excluding carboxylic acids is 1. The maximum Gasteiger partial charge on any atom is 0.221 e. The van der Waals surface area contributed by atoms with Crippen molar-refractivity contribution in [1.29, 1.82) is 0 Å². The van der Waals surface area contributed by atoms with Crippen LogP contribution in [0, 0.1) is 11.8 Å². The summed E-state index contributed by atoms with van der Waals surface area (Å²) in [6.45, 7) is 3.69. The van der Waals surface area contributed by atoms with Crippen LogP contribution in [0.2, 0.25) is 0 Å². The third-order valence-corrected chi connectivity index (χ3v) is 4.79. The van der Waals surface area contributed by atoms with Gasteiger partial charge in [0.1, 0.15) is 23.8 Å². The number of nitrogens with zero attached hydrogens (tertiary/aromatic N) is 4. The third-order valence-electron chi connectivity index (χ3n) is 4.79. The molecule has 1 aliphatic rings. The number of fused-ring (bicyclic) bond motifs is 1. The molecule has 2 aromatic heterocycles. The maximum atomic E-state index is 11.5. The Morgan fingerprint density at radius 3 is 2.83 bits per heavy atom. The number of nitrogens with one attached hydrogen (secondary N) is 1. The molecule has 5 atom stereocenters. The van der Waals surface area contributed by atoms with Crippen molar-refractivity contribution >= 4 is 22.9 Å². The number of aliphatic hydroxyl groups excluding tert-OH is 3. The first-order valence-corrected chi connectivity index (χ1v) is 9.85. The van der Waals surface area contributed by atoms with Gasteiger partial charge in [0.05, 0.1) is 6.33 Å². The summed E-state index contributed by atoms with van der Waals surface area (Å²) >= 11 is 0. The molecule has 0 radical (unpaired) electrons. The maximum absolute atomic E-state index is 11.5. The number of aliphatic hydroxyl groups is 3. The minimum Gasteiger partial charge on any atom is -0.387 e. The lowest BCUT2D eigenvalue weighted by atomic mass is 10.1. The van der Waals surface area contributed by atoms with Crippen molar-refractivity contribution in [2.45, 2.75) is 70.3 Å². The predicted molar refractivity (Wildman–Crippen MR) is 107 cm³/mol. The van der Waals surface area contributed by atoms with Crippen LogP contribution in [-0.2, 0) is 9.53 Å². The van der Waals surface area contributed by atoms with Crippen LogP contribution in [-0.4, -0.2) is 65.3 Å². The van der Waals surface area contributed by atoms with Gasteiger partial charge in [-0.2, -0.15) is 0 Å². The molecule has 0 unspecified atom stereocenters. The number of nitrogen functional groups attached to an aromatic ring is 1. The molecular weight excluding hydrogens is 392 g/mol. The fraction of sp³-hybridized carbons (Fsp3) is 0.579. The molecule has 0 spiro atoms. The Hall–Kier alpha value is -2.78. The van der Waals surface area contributed by atoms with Gasteiger partial charge >= 0.3 is 0 Å². The number of nitrogens with two attached hydrogens (primary N) is 1. The summed E-state index contributed by atoms with van der Waals surface area (Å²) < 4.78 is 7.06. The number of anilines is 1. The smallest absolute Gasteiger partial charge is 0.221 e.